The second-order valence-electron chi connectivity index (χ2n) is 4.83. The van der Waals surface area contributed by atoms with Gasteiger partial charge in [-0.25, -0.2) is 10.2 Å². The number of hydrogen-bond acceptors (Lipinski definition) is 4. The first-order chi connectivity index (χ1) is 11.0. The Morgan fingerprint density at radius 1 is 1.22 bits per heavy atom. The van der Waals surface area contributed by atoms with Crippen molar-refractivity contribution in [2.75, 3.05) is 5.43 Å². The Labute approximate surface area is 144 Å². The molecule has 3 N–H and O–H groups in total. The van der Waals surface area contributed by atoms with Gasteiger partial charge in [0.05, 0.1) is 10.0 Å². The molecule has 0 aliphatic heterocycles. The fourth-order valence-electron chi connectivity index (χ4n) is 1.82. The Bertz CT molecular complexity index is 657. The van der Waals surface area contributed by atoms with Gasteiger partial charge in [0, 0.05) is 12.2 Å². The average molecular weight is 355 g/mol. The number of anilines is 1. The molecule has 0 saturated carbocycles. The highest BCUT2D eigenvalue weighted by molar-refractivity contribution is 6.37. The van der Waals surface area contributed by atoms with E-state index in [1.165, 1.54) is 6.92 Å². The Morgan fingerprint density at radius 2 is 1.83 bits per heavy atom. The third-order valence-corrected chi connectivity index (χ3v) is 3.56. The molecule has 0 aliphatic carbocycles. The van der Waals surface area contributed by atoms with Crippen molar-refractivity contribution in [2.24, 2.45) is 0 Å². The van der Waals surface area contributed by atoms with Gasteiger partial charge < -0.3 is 15.3 Å². The molecule has 0 radical (unpaired) electrons. The number of carboxylic acid groups (broad SMARTS) is 1. The van der Waals surface area contributed by atoms with E-state index in [0.29, 0.717) is 6.54 Å². The SMILES string of the molecule is CC(Oc1c(Cl)cc(CNNc2ccccc2)cc1Cl)C(=O)O. The van der Waals surface area contributed by atoms with Crippen LogP contribution in [0.25, 0.3) is 0 Å². The standard InChI is InChI=1S/C16H16Cl2N2O3/c1-10(16(21)22)23-15-13(17)7-11(8-14(15)18)9-19-20-12-5-3-2-4-6-12/h2-8,10,19-20H,9H2,1H3,(H,21,22). The fourth-order valence-corrected chi connectivity index (χ4v) is 2.45. The minimum absolute atomic E-state index is 0.169. The molecule has 0 bridgehead atoms. The Kier molecular flexibility index (Phi) is 6.10. The van der Waals surface area contributed by atoms with Crippen LogP contribution in [0.1, 0.15) is 12.5 Å². The lowest BCUT2D eigenvalue weighted by atomic mass is 10.2. The molecule has 23 heavy (non-hydrogen) atoms. The number of carboxylic acids is 1. The number of benzene rings is 2. The van der Waals surface area contributed by atoms with Gasteiger partial charge in [-0.1, -0.05) is 41.4 Å². The predicted octanol–water partition coefficient (Wildman–Crippen LogP) is 3.96. The number of halogens is 2. The molecule has 0 amide bonds. The summed E-state index contributed by atoms with van der Waals surface area (Å²) in [7, 11) is 0. The van der Waals surface area contributed by atoms with Crippen LogP contribution in [0.3, 0.4) is 0 Å². The number of para-hydroxylation sites is 1. The molecule has 0 fully saturated rings. The number of hydrazine groups is 1. The molecule has 0 saturated heterocycles. The van der Waals surface area contributed by atoms with Crippen LogP contribution in [-0.4, -0.2) is 17.2 Å². The number of hydrogen-bond donors (Lipinski definition) is 3. The number of nitrogens with one attached hydrogen (secondary N) is 2. The molecule has 1 atom stereocenters. The number of carbonyl (C=O) groups is 1. The molecule has 0 heterocycles. The van der Waals surface area contributed by atoms with E-state index < -0.39 is 12.1 Å². The minimum atomic E-state index is -1.09. The van der Waals surface area contributed by atoms with Crippen LogP contribution >= 0.6 is 23.2 Å². The van der Waals surface area contributed by atoms with E-state index in [4.69, 9.17) is 33.0 Å². The van der Waals surface area contributed by atoms with E-state index >= 15 is 0 Å². The quantitative estimate of drug-likeness (QED) is 0.656. The van der Waals surface area contributed by atoms with Gasteiger partial charge in [0.2, 0.25) is 0 Å². The zero-order valence-electron chi connectivity index (χ0n) is 12.3. The van der Waals surface area contributed by atoms with Crippen molar-refractivity contribution in [3.63, 3.8) is 0 Å². The molecule has 7 heteroatoms. The van der Waals surface area contributed by atoms with Gasteiger partial charge in [0.15, 0.2) is 11.9 Å². The van der Waals surface area contributed by atoms with Gasteiger partial charge in [0.1, 0.15) is 0 Å². The molecule has 1 unspecified atom stereocenters. The molecule has 122 valence electrons. The molecular formula is C16H16Cl2N2O3. The summed E-state index contributed by atoms with van der Waals surface area (Å²) in [6.45, 7) is 1.89. The minimum Gasteiger partial charge on any atom is -0.479 e. The van der Waals surface area contributed by atoms with Crippen LogP contribution in [-0.2, 0) is 11.3 Å². The van der Waals surface area contributed by atoms with E-state index in [1.54, 1.807) is 12.1 Å². The van der Waals surface area contributed by atoms with Crippen molar-refractivity contribution in [3.05, 3.63) is 58.1 Å². The molecule has 0 spiro atoms. The van der Waals surface area contributed by atoms with Crippen molar-refractivity contribution < 1.29 is 14.6 Å². The summed E-state index contributed by atoms with van der Waals surface area (Å²) < 4.78 is 5.27. The van der Waals surface area contributed by atoms with E-state index in [-0.39, 0.29) is 15.8 Å². The number of aliphatic carboxylic acids is 1. The summed E-state index contributed by atoms with van der Waals surface area (Å²) in [4.78, 5) is 10.8. The summed E-state index contributed by atoms with van der Waals surface area (Å²) in [5.41, 5.74) is 7.86. The maximum atomic E-state index is 10.8. The molecule has 0 aliphatic rings. The van der Waals surface area contributed by atoms with Crippen molar-refractivity contribution in [1.82, 2.24) is 5.43 Å². The zero-order valence-corrected chi connectivity index (χ0v) is 13.9. The molecular weight excluding hydrogens is 339 g/mol. The van der Waals surface area contributed by atoms with Crippen LogP contribution < -0.4 is 15.6 Å². The summed E-state index contributed by atoms with van der Waals surface area (Å²) in [5.74, 6) is -0.919. The largest absolute Gasteiger partial charge is 0.479 e. The van der Waals surface area contributed by atoms with Crippen molar-refractivity contribution in [2.45, 2.75) is 19.6 Å². The zero-order chi connectivity index (χ0) is 16.8. The topological polar surface area (TPSA) is 70.6 Å². The maximum Gasteiger partial charge on any atom is 0.344 e. The van der Waals surface area contributed by atoms with E-state index in [2.05, 4.69) is 10.9 Å². The highest BCUT2D eigenvalue weighted by Crippen LogP contribution is 2.35. The first-order valence-corrected chi connectivity index (χ1v) is 7.64. The van der Waals surface area contributed by atoms with Gasteiger partial charge in [-0.15, -0.1) is 0 Å². The van der Waals surface area contributed by atoms with Gasteiger partial charge in [-0.05, 0) is 36.8 Å². The van der Waals surface area contributed by atoms with Gasteiger partial charge in [-0.2, -0.15) is 0 Å². The first-order valence-electron chi connectivity index (χ1n) is 6.88. The van der Waals surface area contributed by atoms with E-state index in [9.17, 15) is 4.79 Å². The highest BCUT2D eigenvalue weighted by atomic mass is 35.5. The lowest BCUT2D eigenvalue weighted by Gasteiger charge is -2.15. The smallest absolute Gasteiger partial charge is 0.344 e. The molecule has 2 rings (SSSR count). The molecule has 2 aromatic rings. The van der Waals surface area contributed by atoms with Crippen LogP contribution in [0.2, 0.25) is 10.0 Å². The third-order valence-electron chi connectivity index (χ3n) is 3.00. The number of rotatable bonds is 7. The Balaban J connectivity index is 2.00. The van der Waals surface area contributed by atoms with Crippen LogP contribution in [0.4, 0.5) is 5.69 Å². The molecule has 2 aromatic carbocycles. The van der Waals surface area contributed by atoms with Crippen molar-refractivity contribution in [3.8, 4) is 5.75 Å². The van der Waals surface area contributed by atoms with Crippen LogP contribution in [0, 0.1) is 0 Å². The van der Waals surface area contributed by atoms with Gasteiger partial charge in [0.25, 0.3) is 0 Å². The van der Waals surface area contributed by atoms with Crippen molar-refractivity contribution >= 4 is 34.9 Å². The summed E-state index contributed by atoms with van der Waals surface area (Å²) in [5, 5.41) is 9.41. The summed E-state index contributed by atoms with van der Waals surface area (Å²) in [6, 6.07) is 13.0. The molecule has 5 nitrogen and oxygen atoms in total. The monoisotopic (exact) mass is 354 g/mol. The fraction of sp³-hybridized carbons (Fsp3) is 0.188. The Morgan fingerprint density at radius 3 is 2.39 bits per heavy atom. The van der Waals surface area contributed by atoms with Crippen LogP contribution in [0.15, 0.2) is 42.5 Å². The lowest BCUT2D eigenvalue weighted by molar-refractivity contribution is -0.144. The Hall–Kier alpha value is -1.95. The van der Waals surface area contributed by atoms with Gasteiger partial charge >= 0.3 is 5.97 Å². The van der Waals surface area contributed by atoms with Crippen LogP contribution in [0.5, 0.6) is 5.75 Å². The second-order valence-corrected chi connectivity index (χ2v) is 5.65. The summed E-state index contributed by atoms with van der Waals surface area (Å²) >= 11 is 12.3. The highest BCUT2D eigenvalue weighted by Gasteiger charge is 2.17. The first kappa shape index (κ1) is 17.4. The normalized spacial score (nSPS) is 11.8. The predicted molar refractivity (Wildman–Crippen MR) is 91.1 cm³/mol. The molecule has 0 aromatic heterocycles. The maximum absolute atomic E-state index is 10.8. The van der Waals surface area contributed by atoms with E-state index in [0.717, 1.165) is 11.3 Å². The second kappa shape index (κ2) is 8.06. The average Bonchev–Trinajstić information content (AvgIpc) is 2.51. The van der Waals surface area contributed by atoms with E-state index in [1.807, 2.05) is 30.3 Å². The summed E-state index contributed by atoms with van der Waals surface area (Å²) in [6.07, 6.45) is -1.03. The van der Waals surface area contributed by atoms with Gasteiger partial charge in [-0.3, -0.25) is 0 Å². The van der Waals surface area contributed by atoms with Crippen molar-refractivity contribution in [1.29, 1.82) is 0 Å². The number of ether oxygens (including phenoxy) is 1. The lowest BCUT2D eigenvalue weighted by Crippen LogP contribution is -2.23. The third kappa shape index (κ3) is 5.03.